The Hall–Kier alpha value is -0.800. The van der Waals surface area contributed by atoms with Crippen molar-refractivity contribution in [1.29, 1.82) is 0 Å². The van der Waals surface area contributed by atoms with Gasteiger partial charge in [-0.3, -0.25) is 4.90 Å². The van der Waals surface area contributed by atoms with Crippen molar-refractivity contribution in [3.8, 4) is 0 Å². The lowest BCUT2D eigenvalue weighted by Crippen LogP contribution is -2.59. The molecular weight excluding hydrogens is 248 g/mol. The third kappa shape index (κ3) is 3.64. The average Bonchev–Trinajstić information content (AvgIpc) is 2.82. The lowest BCUT2D eigenvalue weighted by molar-refractivity contribution is 0.0690. The summed E-state index contributed by atoms with van der Waals surface area (Å²) < 4.78 is 5.77. The zero-order valence-corrected chi connectivity index (χ0v) is 13.6. The summed E-state index contributed by atoms with van der Waals surface area (Å²) in [6, 6.07) is 5.38. The lowest BCUT2D eigenvalue weighted by atomic mass is 9.92. The van der Waals surface area contributed by atoms with E-state index in [9.17, 15) is 0 Å². The molecule has 3 nitrogen and oxygen atoms in total. The number of hydrogen-bond acceptors (Lipinski definition) is 3. The molecule has 0 radical (unpaired) electrons. The summed E-state index contributed by atoms with van der Waals surface area (Å²) in [7, 11) is 0. The van der Waals surface area contributed by atoms with E-state index in [2.05, 4.69) is 50.0 Å². The van der Waals surface area contributed by atoms with Crippen molar-refractivity contribution >= 4 is 0 Å². The van der Waals surface area contributed by atoms with Crippen LogP contribution in [-0.4, -0.2) is 30.1 Å². The Morgan fingerprint density at radius 1 is 1.35 bits per heavy atom. The van der Waals surface area contributed by atoms with Gasteiger partial charge in [0.1, 0.15) is 11.5 Å². The first kappa shape index (κ1) is 15.6. The first-order valence-electron chi connectivity index (χ1n) is 8.04. The van der Waals surface area contributed by atoms with Gasteiger partial charge in [0.25, 0.3) is 0 Å². The number of piperazine rings is 1. The Morgan fingerprint density at radius 2 is 2.10 bits per heavy atom. The van der Waals surface area contributed by atoms with Gasteiger partial charge in [-0.15, -0.1) is 0 Å². The first-order chi connectivity index (χ1) is 9.51. The largest absolute Gasteiger partial charge is 0.465 e. The Morgan fingerprint density at radius 3 is 2.65 bits per heavy atom. The molecule has 114 valence electrons. The molecule has 1 aromatic heterocycles. The van der Waals surface area contributed by atoms with Crippen LogP contribution in [0.2, 0.25) is 0 Å². The fourth-order valence-electron chi connectivity index (χ4n) is 3.13. The van der Waals surface area contributed by atoms with Gasteiger partial charge in [0.2, 0.25) is 0 Å². The van der Waals surface area contributed by atoms with Crippen LogP contribution >= 0.6 is 0 Å². The Kier molecular flexibility index (Phi) is 5.28. The summed E-state index contributed by atoms with van der Waals surface area (Å²) in [5.41, 5.74) is 0. The van der Waals surface area contributed by atoms with Crippen LogP contribution in [-0.2, 0) is 6.54 Å². The molecule has 1 saturated heterocycles. The molecule has 2 heterocycles. The normalized spacial score (nSPS) is 26.1. The van der Waals surface area contributed by atoms with Gasteiger partial charge in [0, 0.05) is 25.2 Å². The third-order valence-electron chi connectivity index (χ3n) is 4.74. The van der Waals surface area contributed by atoms with Gasteiger partial charge in [0.15, 0.2) is 0 Å². The molecule has 1 aliphatic heterocycles. The second-order valence-corrected chi connectivity index (χ2v) is 6.65. The molecule has 0 bridgehead atoms. The molecule has 0 amide bonds. The molecule has 0 aliphatic carbocycles. The Balaban J connectivity index is 2.06. The van der Waals surface area contributed by atoms with Gasteiger partial charge < -0.3 is 9.73 Å². The molecule has 1 aliphatic rings. The average molecular weight is 278 g/mol. The van der Waals surface area contributed by atoms with Gasteiger partial charge in [-0.1, -0.05) is 34.1 Å². The molecule has 2 rings (SSSR count). The predicted molar refractivity (Wildman–Crippen MR) is 83.7 cm³/mol. The third-order valence-corrected chi connectivity index (χ3v) is 4.74. The number of nitrogens with one attached hydrogen (secondary N) is 1. The number of aryl methyl sites for hydroxylation is 1. The van der Waals surface area contributed by atoms with Crippen LogP contribution in [0.1, 0.15) is 45.6 Å². The highest BCUT2D eigenvalue weighted by Crippen LogP contribution is 2.22. The molecule has 0 aromatic carbocycles. The van der Waals surface area contributed by atoms with E-state index in [1.165, 1.54) is 6.42 Å². The molecule has 3 atom stereocenters. The van der Waals surface area contributed by atoms with E-state index in [1.807, 2.05) is 6.92 Å². The van der Waals surface area contributed by atoms with Crippen LogP contribution in [0.15, 0.2) is 16.5 Å². The first-order valence-corrected chi connectivity index (χ1v) is 8.04. The summed E-state index contributed by atoms with van der Waals surface area (Å²) in [4.78, 5) is 2.61. The Labute approximate surface area is 123 Å². The molecule has 20 heavy (non-hydrogen) atoms. The van der Waals surface area contributed by atoms with Crippen molar-refractivity contribution in [2.45, 2.75) is 59.7 Å². The van der Waals surface area contributed by atoms with Gasteiger partial charge in [-0.25, -0.2) is 0 Å². The standard InChI is InChI=1S/C17H30N2O/c1-6-13(4)16-11-19(17(9-18-16)12(2)3)10-15-8-7-14(5)20-15/h7-8,12-13,16-18H,6,9-11H2,1-5H3. The number of nitrogens with zero attached hydrogens (tertiary/aromatic N) is 1. The SMILES string of the molecule is CCC(C)C1CN(Cc2ccc(C)o2)C(C(C)C)CN1. The summed E-state index contributed by atoms with van der Waals surface area (Å²) in [6.07, 6.45) is 1.23. The monoisotopic (exact) mass is 278 g/mol. The maximum atomic E-state index is 5.77. The van der Waals surface area contributed by atoms with Gasteiger partial charge in [-0.05, 0) is 30.9 Å². The van der Waals surface area contributed by atoms with Crippen molar-refractivity contribution in [2.75, 3.05) is 13.1 Å². The summed E-state index contributed by atoms with van der Waals surface area (Å²) >= 11 is 0. The molecule has 1 N–H and O–H groups in total. The summed E-state index contributed by atoms with van der Waals surface area (Å²) in [6.45, 7) is 14.4. The van der Waals surface area contributed by atoms with Crippen molar-refractivity contribution < 1.29 is 4.42 Å². The quantitative estimate of drug-likeness (QED) is 0.894. The predicted octanol–water partition coefficient (Wildman–Crippen LogP) is 3.43. The van der Waals surface area contributed by atoms with Crippen LogP contribution in [0.25, 0.3) is 0 Å². The van der Waals surface area contributed by atoms with E-state index in [4.69, 9.17) is 4.42 Å². The number of rotatable bonds is 5. The fourth-order valence-corrected chi connectivity index (χ4v) is 3.13. The molecule has 0 spiro atoms. The molecule has 1 aromatic rings. The topological polar surface area (TPSA) is 28.4 Å². The molecule has 1 fully saturated rings. The highest BCUT2D eigenvalue weighted by atomic mass is 16.3. The van der Waals surface area contributed by atoms with Crippen LogP contribution < -0.4 is 5.32 Å². The van der Waals surface area contributed by atoms with Crippen molar-refractivity contribution in [3.05, 3.63) is 23.7 Å². The minimum Gasteiger partial charge on any atom is -0.465 e. The van der Waals surface area contributed by atoms with Crippen molar-refractivity contribution in [3.63, 3.8) is 0 Å². The van der Waals surface area contributed by atoms with E-state index < -0.39 is 0 Å². The van der Waals surface area contributed by atoms with E-state index in [-0.39, 0.29) is 0 Å². The van der Waals surface area contributed by atoms with Crippen LogP contribution in [0.5, 0.6) is 0 Å². The smallest absolute Gasteiger partial charge is 0.118 e. The van der Waals surface area contributed by atoms with Crippen LogP contribution in [0, 0.1) is 18.8 Å². The highest BCUT2D eigenvalue weighted by Gasteiger charge is 2.32. The van der Waals surface area contributed by atoms with E-state index in [0.29, 0.717) is 18.0 Å². The van der Waals surface area contributed by atoms with E-state index in [1.54, 1.807) is 0 Å². The lowest BCUT2D eigenvalue weighted by Gasteiger charge is -2.43. The number of furan rings is 1. The molecular formula is C17H30N2O. The summed E-state index contributed by atoms with van der Waals surface area (Å²) in [5, 5.41) is 3.75. The minimum absolute atomic E-state index is 0.598. The number of hydrogen-bond donors (Lipinski definition) is 1. The second kappa shape index (κ2) is 6.77. The zero-order chi connectivity index (χ0) is 14.7. The van der Waals surface area contributed by atoms with Gasteiger partial charge in [0.05, 0.1) is 6.54 Å². The molecule has 3 heteroatoms. The van der Waals surface area contributed by atoms with Crippen LogP contribution in [0.4, 0.5) is 0 Å². The fraction of sp³-hybridized carbons (Fsp3) is 0.765. The van der Waals surface area contributed by atoms with Crippen molar-refractivity contribution in [1.82, 2.24) is 10.2 Å². The van der Waals surface area contributed by atoms with Crippen molar-refractivity contribution in [2.24, 2.45) is 11.8 Å². The minimum atomic E-state index is 0.598. The van der Waals surface area contributed by atoms with Gasteiger partial charge >= 0.3 is 0 Å². The second-order valence-electron chi connectivity index (χ2n) is 6.65. The molecule has 3 unspecified atom stereocenters. The van der Waals surface area contributed by atoms with E-state index >= 15 is 0 Å². The maximum absolute atomic E-state index is 5.77. The zero-order valence-electron chi connectivity index (χ0n) is 13.6. The molecule has 0 saturated carbocycles. The maximum Gasteiger partial charge on any atom is 0.118 e. The van der Waals surface area contributed by atoms with Crippen LogP contribution in [0.3, 0.4) is 0 Å². The highest BCUT2D eigenvalue weighted by molar-refractivity contribution is 5.06. The Bertz CT molecular complexity index is 413. The summed E-state index contributed by atoms with van der Waals surface area (Å²) in [5.74, 6) is 3.49. The van der Waals surface area contributed by atoms with Gasteiger partial charge in [-0.2, -0.15) is 0 Å². The van der Waals surface area contributed by atoms with E-state index in [0.717, 1.165) is 37.1 Å².